The van der Waals surface area contributed by atoms with E-state index in [-0.39, 0.29) is 0 Å². The summed E-state index contributed by atoms with van der Waals surface area (Å²) in [4.78, 5) is 10.6. The molecule has 1 aliphatic carbocycles. The topological polar surface area (TPSA) is 132 Å². The minimum Gasteiger partial charge on any atom is -0.481 e. The Hall–Kier alpha value is -2.57. The Morgan fingerprint density at radius 1 is 1.00 bits per heavy atom. The molecule has 0 aromatic heterocycles. The van der Waals surface area contributed by atoms with E-state index in [9.17, 15) is 4.79 Å². The number of nitrogens with zero attached hydrogens (tertiary/aromatic N) is 4. The van der Waals surface area contributed by atoms with Crippen molar-refractivity contribution in [3.05, 3.63) is 0 Å². The quantitative estimate of drug-likeness (QED) is 0.601. The maximum Gasteiger partial charge on any atom is 0.312 e. The lowest BCUT2D eigenvalue weighted by Crippen LogP contribution is -2.05. The van der Waals surface area contributed by atoms with Crippen molar-refractivity contribution in [2.75, 3.05) is 0 Å². The van der Waals surface area contributed by atoms with E-state index in [1.165, 1.54) is 24.3 Å². The minimum absolute atomic E-state index is 1.44. The number of nitriles is 4. The summed E-state index contributed by atoms with van der Waals surface area (Å²) < 4.78 is 0. The van der Waals surface area contributed by atoms with E-state index in [2.05, 4.69) is 0 Å². The van der Waals surface area contributed by atoms with Gasteiger partial charge >= 0.3 is 5.97 Å². The van der Waals surface area contributed by atoms with Crippen molar-refractivity contribution in [2.24, 2.45) is 16.7 Å². The summed E-state index contributed by atoms with van der Waals surface area (Å²) in [7, 11) is 0. The zero-order valence-corrected chi connectivity index (χ0v) is 6.72. The van der Waals surface area contributed by atoms with Gasteiger partial charge in [0.25, 0.3) is 0 Å². The Labute approximate surface area is 78.8 Å². The number of carboxylic acid groups (broad SMARTS) is 1. The van der Waals surface area contributed by atoms with Crippen LogP contribution in [-0.2, 0) is 4.79 Å². The van der Waals surface area contributed by atoms with Crippen LogP contribution >= 0.6 is 0 Å². The van der Waals surface area contributed by atoms with Crippen molar-refractivity contribution in [2.45, 2.75) is 0 Å². The van der Waals surface area contributed by atoms with E-state index >= 15 is 0 Å². The summed E-state index contributed by atoms with van der Waals surface area (Å²) in [5.74, 6) is -3.02. The van der Waals surface area contributed by atoms with E-state index in [0.717, 1.165) is 0 Å². The largest absolute Gasteiger partial charge is 0.481 e. The van der Waals surface area contributed by atoms with Crippen LogP contribution in [0.5, 0.6) is 0 Å². The second kappa shape index (κ2) is 2.46. The molecule has 6 nitrogen and oxygen atoms in total. The van der Waals surface area contributed by atoms with Crippen molar-refractivity contribution in [1.82, 2.24) is 0 Å². The van der Waals surface area contributed by atoms with Crippen molar-refractivity contribution in [1.29, 1.82) is 21.0 Å². The molecule has 6 heteroatoms. The first-order chi connectivity index (χ1) is 6.56. The van der Waals surface area contributed by atoms with Crippen LogP contribution in [0.1, 0.15) is 0 Å². The first-order valence-electron chi connectivity index (χ1n) is 3.44. The molecular weight excluding hydrogens is 184 g/mol. The van der Waals surface area contributed by atoms with Crippen molar-refractivity contribution in [3.63, 3.8) is 0 Å². The highest BCUT2D eigenvalue weighted by atomic mass is 16.4. The second-order valence-electron chi connectivity index (χ2n) is 2.83. The monoisotopic (exact) mass is 186 g/mol. The molecule has 1 fully saturated rings. The van der Waals surface area contributed by atoms with E-state index in [4.69, 9.17) is 26.2 Å². The molecule has 1 N–H and O–H groups in total. The Balaban J connectivity index is 3.38. The van der Waals surface area contributed by atoms with Crippen LogP contribution in [0, 0.1) is 62.1 Å². The van der Waals surface area contributed by atoms with Crippen LogP contribution in [0.4, 0.5) is 0 Å². The molecule has 1 rings (SSSR count). The normalized spacial score (nSPS) is 20.6. The molecule has 0 aromatic carbocycles. The Morgan fingerprint density at radius 2 is 1.29 bits per heavy atom. The Kier molecular flexibility index (Phi) is 1.67. The summed E-state index contributed by atoms with van der Waals surface area (Å²) in [5, 5.41) is 43.2. The highest BCUT2D eigenvalue weighted by Gasteiger charge is 2.85. The summed E-state index contributed by atoms with van der Waals surface area (Å²) in [5.41, 5.74) is -4.05. The van der Waals surface area contributed by atoms with Gasteiger partial charge in [0.2, 0.25) is 0 Å². The number of hydrogen-bond acceptors (Lipinski definition) is 5. The fraction of sp³-hybridized carbons (Fsp3) is 0.375. The molecule has 0 saturated heterocycles. The van der Waals surface area contributed by atoms with Crippen LogP contribution in [0.25, 0.3) is 0 Å². The standard InChI is InChI=1S/C8H2N4O2/c9-1-7(2-10)5(6(13)14)8(7,3-11)4-12/h5H,(H,13,14). The number of aliphatic carboxylic acids is 1. The lowest BCUT2D eigenvalue weighted by molar-refractivity contribution is -0.139. The molecule has 0 amide bonds. The number of hydrogen-bond donors (Lipinski definition) is 1. The molecule has 0 heterocycles. The average Bonchev–Trinajstić information content (AvgIpc) is 2.81. The first-order valence-corrected chi connectivity index (χ1v) is 3.44. The molecule has 1 saturated carbocycles. The lowest BCUT2D eigenvalue weighted by atomic mass is 9.98. The SMILES string of the molecule is N#CC1(C#N)C(C(=O)O)C1(C#N)C#N. The Bertz CT molecular complexity index is 402. The van der Waals surface area contributed by atoms with E-state index < -0.39 is 22.7 Å². The van der Waals surface area contributed by atoms with Gasteiger partial charge in [-0.1, -0.05) is 0 Å². The lowest BCUT2D eigenvalue weighted by Gasteiger charge is -1.91. The first kappa shape index (κ1) is 9.52. The summed E-state index contributed by atoms with van der Waals surface area (Å²) in [6, 6.07) is 5.76. The molecule has 1 aliphatic rings. The van der Waals surface area contributed by atoms with Crippen molar-refractivity contribution >= 4 is 5.97 Å². The number of carbonyl (C=O) groups is 1. The van der Waals surface area contributed by atoms with Gasteiger partial charge in [0.05, 0.1) is 24.3 Å². The molecule has 0 aromatic rings. The maximum atomic E-state index is 10.6. The summed E-state index contributed by atoms with van der Waals surface area (Å²) in [6.07, 6.45) is 0. The predicted molar refractivity (Wildman–Crippen MR) is 38.4 cm³/mol. The number of carboxylic acids is 1. The highest BCUT2D eigenvalue weighted by Crippen LogP contribution is 2.68. The third-order valence-electron chi connectivity index (χ3n) is 2.36. The molecule has 0 spiro atoms. The van der Waals surface area contributed by atoms with Gasteiger partial charge in [-0.05, 0) is 0 Å². The minimum atomic E-state index is -2.03. The van der Waals surface area contributed by atoms with Gasteiger partial charge in [0, 0.05) is 0 Å². The molecule has 14 heavy (non-hydrogen) atoms. The average molecular weight is 186 g/mol. The van der Waals surface area contributed by atoms with Crippen molar-refractivity contribution in [3.8, 4) is 24.3 Å². The van der Waals surface area contributed by atoms with E-state index in [1.807, 2.05) is 0 Å². The summed E-state index contributed by atoms with van der Waals surface area (Å²) in [6.45, 7) is 0. The van der Waals surface area contributed by atoms with Crippen molar-refractivity contribution < 1.29 is 9.90 Å². The fourth-order valence-corrected chi connectivity index (χ4v) is 1.51. The van der Waals surface area contributed by atoms with Gasteiger partial charge in [0.15, 0.2) is 10.8 Å². The van der Waals surface area contributed by atoms with Gasteiger partial charge in [-0.15, -0.1) is 0 Å². The van der Waals surface area contributed by atoms with E-state index in [0.29, 0.717) is 0 Å². The molecule has 0 atom stereocenters. The molecule has 0 unspecified atom stereocenters. The van der Waals surface area contributed by atoms with Gasteiger partial charge < -0.3 is 5.11 Å². The Morgan fingerprint density at radius 3 is 1.36 bits per heavy atom. The van der Waals surface area contributed by atoms with Crippen LogP contribution < -0.4 is 0 Å². The predicted octanol–water partition coefficient (Wildman–Crippen LogP) is -0.232. The van der Waals surface area contributed by atoms with Crippen LogP contribution in [0.3, 0.4) is 0 Å². The molecule has 66 valence electrons. The smallest absolute Gasteiger partial charge is 0.312 e. The van der Waals surface area contributed by atoms with Gasteiger partial charge in [-0.2, -0.15) is 21.0 Å². The van der Waals surface area contributed by atoms with Gasteiger partial charge in [-0.3, -0.25) is 4.79 Å². The number of rotatable bonds is 1. The zero-order chi connectivity index (χ0) is 11.0. The maximum absolute atomic E-state index is 10.6. The fourth-order valence-electron chi connectivity index (χ4n) is 1.51. The summed E-state index contributed by atoms with van der Waals surface area (Å²) >= 11 is 0. The molecule has 0 aliphatic heterocycles. The zero-order valence-electron chi connectivity index (χ0n) is 6.72. The van der Waals surface area contributed by atoms with Crippen LogP contribution in [0.15, 0.2) is 0 Å². The molecule has 0 radical (unpaired) electrons. The highest BCUT2D eigenvalue weighted by molar-refractivity contribution is 5.83. The molecule has 0 bridgehead atoms. The van der Waals surface area contributed by atoms with Gasteiger partial charge in [-0.25, -0.2) is 0 Å². The van der Waals surface area contributed by atoms with Crippen LogP contribution in [-0.4, -0.2) is 11.1 Å². The van der Waals surface area contributed by atoms with Gasteiger partial charge in [0.1, 0.15) is 5.92 Å². The molecular formula is C8H2N4O2. The second-order valence-corrected chi connectivity index (χ2v) is 2.83. The van der Waals surface area contributed by atoms with Crippen LogP contribution in [0.2, 0.25) is 0 Å². The van der Waals surface area contributed by atoms with E-state index in [1.54, 1.807) is 0 Å². The third kappa shape index (κ3) is 0.637. The third-order valence-corrected chi connectivity index (χ3v) is 2.36.